The SMILES string of the molecule is CCC(C(=O)O)N(C)C(=O)NCCS(=O)(=O)CC. The Hall–Kier alpha value is -1.31. The third-order valence-electron chi connectivity index (χ3n) is 2.59. The van der Waals surface area contributed by atoms with Gasteiger partial charge in [0.05, 0.1) is 5.75 Å². The fraction of sp³-hybridized carbons (Fsp3) is 0.800. The number of aliphatic carboxylic acids is 1. The van der Waals surface area contributed by atoms with Crippen molar-refractivity contribution in [2.75, 3.05) is 25.1 Å². The van der Waals surface area contributed by atoms with E-state index in [1.807, 2.05) is 0 Å². The van der Waals surface area contributed by atoms with Gasteiger partial charge in [-0.3, -0.25) is 0 Å². The van der Waals surface area contributed by atoms with Gasteiger partial charge in [-0.15, -0.1) is 0 Å². The number of amides is 2. The summed E-state index contributed by atoms with van der Waals surface area (Å²) in [7, 11) is -1.77. The Morgan fingerprint density at radius 1 is 1.33 bits per heavy atom. The molecule has 0 rings (SSSR count). The van der Waals surface area contributed by atoms with Gasteiger partial charge in [0.2, 0.25) is 0 Å². The maximum atomic E-state index is 11.6. The number of carbonyl (C=O) groups is 2. The summed E-state index contributed by atoms with van der Waals surface area (Å²) in [6.45, 7) is 3.17. The highest BCUT2D eigenvalue weighted by molar-refractivity contribution is 7.91. The highest BCUT2D eigenvalue weighted by atomic mass is 32.2. The van der Waals surface area contributed by atoms with Crippen molar-refractivity contribution in [1.82, 2.24) is 10.2 Å². The molecule has 0 aromatic heterocycles. The monoisotopic (exact) mass is 280 g/mol. The van der Waals surface area contributed by atoms with E-state index in [-0.39, 0.29) is 24.5 Å². The van der Waals surface area contributed by atoms with E-state index in [1.165, 1.54) is 14.0 Å². The first-order valence-corrected chi connectivity index (χ1v) is 7.51. The number of carbonyl (C=O) groups excluding carboxylic acids is 1. The lowest BCUT2D eigenvalue weighted by atomic mass is 10.2. The van der Waals surface area contributed by atoms with Crippen molar-refractivity contribution in [3.63, 3.8) is 0 Å². The molecule has 18 heavy (non-hydrogen) atoms. The average molecular weight is 280 g/mol. The van der Waals surface area contributed by atoms with Crippen LogP contribution in [-0.4, -0.2) is 61.6 Å². The Balaban J connectivity index is 4.29. The lowest BCUT2D eigenvalue weighted by Gasteiger charge is -2.23. The van der Waals surface area contributed by atoms with Crippen molar-refractivity contribution in [2.24, 2.45) is 0 Å². The summed E-state index contributed by atoms with van der Waals surface area (Å²) in [6, 6.07) is -1.50. The molecule has 8 heteroatoms. The van der Waals surface area contributed by atoms with E-state index in [1.54, 1.807) is 6.92 Å². The molecule has 0 aliphatic carbocycles. The van der Waals surface area contributed by atoms with Crippen molar-refractivity contribution < 1.29 is 23.1 Å². The summed E-state index contributed by atoms with van der Waals surface area (Å²) in [4.78, 5) is 23.5. The van der Waals surface area contributed by atoms with E-state index in [9.17, 15) is 18.0 Å². The molecule has 1 atom stereocenters. The average Bonchev–Trinajstić information content (AvgIpc) is 2.28. The number of hydrogen-bond donors (Lipinski definition) is 2. The number of likely N-dealkylation sites (N-methyl/N-ethyl adjacent to an activating group) is 1. The van der Waals surface area contributed by atoms with Crippen LogP contribution < -0.4 is 5.32 Å². The maximum Gasteiger partial charge on any atom is 0.326 e. The van der Waals surface area contributed by atoms with Gasteiger partial charge in [0.1, 0.15) is 6.04 Å². The summed E-state index contributed by atoms with van der Waals surface area (Å²) in [5, 5.41) is 11.3. The van der Waals surface area contributed by atoms with Crippen LogP contribution in [0.25, 0.3) is 0 Å². The van der Waals surface area contributed by atoms with Crippen LogP contribution in [0.1, 0.15) is 20.3 Å². The molecule has 0 aromatic carbocycles. The second-order valence-corrected chi connectivity index (χ2v) is 6.31. The number of nitrogens with zero attached hydrogens (tertiary/aromatic N) is 1. The van der Waals surface area contributed by atoms with E-state index in [4.69, 9.17) is 5.11 Å². The van der Waals surface area contributed by atoms with E-state index >= 15 is 0 Å². The number of carboxylic acid groups (broad SMARTS) is 1. The Labute approximate surface area is 107 Å². The minimum atomic E-state index is -3.13. The zero-order valence-corrected chi connectivity index (χ0v) is 11.7. The third-order valence-corrected chi connectivity index (χ3v) is 4.29. The van der Waals surface area contributed by atoms with Crippen LogP contribution in [-0.2, 0) is 14.6 Å². The molecular weight excluding hydrogens is 260 g/mol. The normalized spacial score (nSPS) is 12.8. The van der Waals surface area contributed by atoms with Crippen LogP contribution in [0, 0.1) is 0 Å². The quantitative estimate of drug-likeness (QED) is 0.679. The zero-order chi connectivity index (χ0) is 14.3. The molecule has 0 heterocycles. The largest absolute Gasteiger partial charge is 0.480 e. The molecule has 0 aromatic rings. The molecule has 2 N–H and O–H groups in total. The van der Waals surface area contributed by atoms with Gasteiger partial charge in [0.15, 0.2) is 9.84 Å². The molecule has 0 aliphatic heterocycles. The number of carboxylic acids is 1. The van der Waals surface area contributed by atoms with E-state index in [0.29, 0.717) is 0 Å². The maximum absolute atomic E-state index is 11.6. The van der Waals surface area contributed by atoms with Crippen molar-refractivity contribution in [3.05, 3.63) is 0 Å². The van der Waals surface area contributed by atoms with E-state index in [0.717, 1.165) is 4.90 Å². The smallest absolute Gasteiger partial charge is 0.326 e. The third kappa shape index (κ3) is 5.35. The minimum Gasteiger partial charge on any atom is -0.480 e. The highest BCUT2D eigenvalue weighted by Crippen LogP contribution is 2.02. The molecule has 106 valence electrons. The van der Waals surface area contributed by atoms with Crippen molar-refractivity contribution in [3.8, 4) is 0 Å². The van der Waals surface area contributed by atoms with Crippen LogP contribution in [0.3, 0.4) is 0 Å². The predicted molar refractivity (Wildman–Crippen MR) is 67.2 cm³/mol. The summed E-state index contributed by atoms with van der Waals surface area (Å²) < 4.78 is 22.4. The lowest BCUT2D eigenvalue weighted by molar-refractivity contribution is -0.141. The molecule has 0 radical (unpaired) electrons. The van der Waals surface area contributed by atoms with Gasteiger partial charge < -0.3 is 15.3 Å². The lowest BCUT2D eigenvalue weighted by Crippen LogP contribution is -2.47. The number of sulfone groups is 1. The fourth-order valence-corrected chi connectivity index (χ4v) is 2.04. The Morgan fingerprint density at radius 3 is 2.28 bits per heavy atom. The molecule has 0 spiro atoms. The molecule has 0 fully saturated rings. The predicted octanol–water partition coefficient (Wildman–Crippen LogP) is -0.0743. The fourth-order valence-electron chi connectivity index (χ4n) is 1.34. The van der Waals surface area contributed by atoms with Crippen molar-refractivity contribution in [2.45, 2.75) is 26.3 Å². The van der Waals surface area contributed by atoms with Crippen LogP contribution in [0.4, 0.5) is 4.79 Å². The molecule has 2 amide bonds. The molecular formula is C10H20N2O5S. The van der Waals surface area contributed by atoms with E-state index < -0.39 is 27.9 Å². The molecule has 0 saturated carbocycles. The number of nitrogens with one attached hydrogen (secondary N) is 1. The molecule has 0 aliphatic rings. The Kier molecular flexibility index (Phi) is 6.67. The van der Waals surface area contributed by atoms with Gasteiger partial charge in [-0.25, -0.2) is 18.0 Å². The summed E-state index contributed by atoms with van der Waals surface area (Å²) in [5.41, 5.74) is 0. The minimum absolute atomic E-state index is 0.0185. The summed E-state index contributed by atoms with van der Waals surface area (Å²) >= 11 is 0. The first kappa shape index (κ1) is 16.7. The Bertz CT molecular complexity index is 393. The second kappa shape index (κ2) is 7.20. The zero-order valence-electron chi connectivity index (χ0n) is 10.8. The van der Waals surface area contributed by atoms with Crippen LogP contribution in [0.15, 0.2) is 0 Å². The van der Waals surface area contributed by atoms with Gasteiger partial charge in [0, 0.05) is 19.3 Å². The van der Waals surface area contributed by atoms with Crippen LogP contribution in [0.2, 0.25) is 0 Å². The van der Waals surface area contributed by atoms with E-state index in [2.05, 4.69) is 5.32 Å². The van der Waals surface area contributed by atoms with Crippen molar-refractivity contribution >= 4 is 21.8 Å². The molecule has 0 bridgehead atoms. The molecule has 7 nitrogen and oxygen atoms in total. The van der Waals surface area contributed by atoms with Gasteiger partial charge >= 0.3 is 12.0 Å². The van der Waals surface area contributed by atoms with Gasteiger partial charge in [-0.2, -0.15) is 0 Å². The first-order chi connectivity index (χ1) is 8.25. The Morgan fingerprint density at radius 2 is 1.89 bits per heavy atom. The molecule has 0 saturated heterocycles. The first-order valence-electron chi connectivity index (χ1n) is 5.69. The standard InChI is InChI=1S/C10H20N2O5S/c1-4-8(9(13)14)12(3)10(15)11-6-7-18(16,17)5-2/h8H,4-7H2,1-3H3,(H,11,15)(H,13,14). The van der Waals surface area contributed by atoms with Crippen LogP contribution >= 0.6 is 0 Å². The topological polar surface area (TPSA) is 104 Å². The van der Waals surface area contributed by atoms with Gasteiger partial charge in [-0.05, 0) is 6.42 Å². The second-order valence-electron chi connectivity index (χ2n) is 3.84. The number of urea groups is 1. The highest BCUT2D eigenvalue weighted by Gasteiger charge is 2.24. The number of rotatable bonds is 7. The van der Waals surface area contributed by atoms with Crippen molar-refractivity contribution in [1.29, 1.82) is 0 Å². The molecule has 1 unspecified atom stereocenters. The van der Waals surface area contributed by atoms with Crippen LogP contribution in [0.5, 0.6) is 0 Å². The summed E-state index contributed by atoms with van der Waals surface area (Å²) in [6.07, 6.45) is 0.284. The van der Waals surface area contributed by atoms with Gasteiger partial charge in [0.25, 0.3) is 0 Å². The summed E-state index contributed by atoms with van der Waals surface area (Å²) in [5.74, 6) is -1.21. The number of hydrogen-bond acceptors (Lipinski definition) is 4. The van der Waals surface area contributed by atoms with Gasteiger partial charge in [-0.1, -0.05) is 13.8 Å².